The summed E-state index contributed by atoms with van der Waals surface area (Å²) in [5, 5.41) is 11.5. The summed E-state index contributed by atoms with van der Waals surface area (Å²) in [5.74, 6) is 0.543. The summed E-state index contributed by atoms with van der Waals surface area (Å²) in [4.78, 5) is 15.0. The molecule has 4 nitrogen and oxygen atoms in total. The predicted octanol–water partition coefficient (Wildman–Crippen LogP) is 3.56. The van der Waals surface area contributed by atoms with E-state index in [0.717, 1.165) is 0 Å². The van der Waals surface area contributed by atoms with Crippen LogP contribution in [0.15, 0.2) is 47.3 Å². The highest BCUT2D eigenvalue weighted by Crippen LogP contribution is 2.34. The predicted molar refractivity (Wildman–Crippen MR) is 83.2 cm³/mol. The van der Waals surface area contributed by atoms with Gasteiger partial charge in [0, 0.05) is 10.4 Å². The van der Waals surface area contributed by atoms with Crippen molar-refractivity contribution in [2.45, 2.75) is 0 Å². The summed E-state index contributed by atoms with van der Waals surface area (Å²) in [6, 6.07) is 11.9. The molecule has 0 aliphatic rings. The number of nitrogens with one attached hydrogen (secondary N) is 1. The van der Waals surface area contributed by atoms with E-state index in [-0.39, 0.29) is 16.9 Å². The number of aromatic nitrogens is 1. The molecule has 0 aliphatic carbocycles. The first-order chi connectivity index (χ1) is 10.1. The highest BCUT2D eigenvalue weighted by atomic mass is 35.5. The van der Waals surface area contributed by atoms with Crippen molar-refractivity contribution in [1.82, 2.24) is 4.98 Å². The van der Waals surface area contributed by atoms with Gasteiger partial charge in [0.25, 0.3) is 5.56 Å². The molecule has 2 aromatic carbocycles. The lowest BCUT2D eigenvalue weighted by molar-refractivity contribution is 0.415. The Labute approximate surface area is 125 Å². The molecule has 2 N–H and O–H groups in total. The van der Waals surface area contributed by atoms with Gasteiger partial charge in [-0.15, -0.1) is 0 Å². The summed E-state index contributed by atoms with van der Waals surface area (Å²) in [6.07, 6.45) is 0. The van der Waals surface area contributed by atoms with Crippen LogP contribution in [-0.4, -0.2) is 17.2 Å². The molecule has 0 bridgehead atoms. The number of ether oxygens (including phenoxy) is 1. The Hall–Kier alpha value is -2.46. The third kappa shape index (κ3) is 2.34. The van der Waals surface area contributed by atoms with Crippen molar-refractivity contribution in [3.63, 3.8) is 0 Å². The van der Waals surface area contributed by atoms with E-state index in [1.54, 1.807) is 49.6 Å². The van der Waals surface area contributed by atoms with E-state index in [9.17, 15) is 9.90 Å². The topological polar surface area (TPSA) is 62.3 Å². The highest BCUT2D eigenvalue weighted by molar-refractivity contribution is 6.31. The van der Waals surface area contributed by atoms with Crippen LogP contribution in [0.1, 0.15) is 0 Å². The van der Waals surface area contributed by atoms with Gasteiger partial charge in [-0.1, -0.05) is 23.7 Å². The van der Waals surface area contributed by atoms with Crippen LogP contribution < -0.4 is 10.3 Å². The van der Waals surface area contributed by atoms with Crippen LogP contribution in [0.3, 0.4) is 0 Å². The number of aromatic hydroxyl groups is 1. The zero-order valence-corrected chi connectivity index (χ0v) is 11.9. The molecule has 3 aromatic rings. The second-order valence-corrected chi connectivity index (χ2v) is 5.04. The van der Waals surface area contributed by atoms with Crippen molar-refractivity contribution in [1.29, 1.82) is 0 Å². The summed E-state index contributed by atoms with van der Waals surface area (Å²) >= 11 is 5.90. The molecule has 5 heteroatoms. The number of hydrogen-bond acceptors (Lipinski definition) is 3. The second-order valence-electron chi connectivity index (χ2n) is 4.60. The summed E-state index contributed by atoms with van der Waals surface area (Å²) in [5.41, 5.74) is 0.917. The number of pyridine rings is 1. The first-order valence-electron chi connectivity index (χ1n) is 6.29. The van der Waals surface area contributed by atoms with Gasteiger partial charge in [0.2, 0.25) is 0 Å². The number of fused-ring (bicyclic) bond motifs is 1. The SMILES string of the molecule is COc1cccc(-c2c(O)c3ccc(Cl)cc3[nH]c2=O)c1. The van der Waals surface area contributed by atoms with E-state index < -0.39 is 0 Å². The van der Waals surface area contributed by atoms with Crippen molar-refractivity contribution in [2.75, 3.05) is 7.11 Å². The van der Waals surface area contributed by atoms with E-state index in [0.29, 0.717) is 27.2 Å². The van der Waals surface area contributed by atoms with Gasteiger partial charge in [0.15, 0.2) is 0 Å². The van der Waals surface area contributed by atoms with Gasteiger partial charge in [-0.25, -0.2) is 0 Å². The van der Waals surface area contributed by atoms with Crippen molar-refractivity contribution in [3.8, 4) is 22.6 Å². The zero-order valence-electron chi connectivity index (χ0n) is 11.2. The molecule has 0 spiro atoms. The largest absolute Gasteiger partial charge is 0.506 e. The van der Waals surface area contributed by atoms with Gasteiger partial charge >= 0.3 is 0 Å². The highest BCUT2D eigenvalue weighted by Gasteiger charge is 2.14. The molecule has 0 radical (unpaired) electrons. The average Bonchev–Trinajstić information content (AvgIpc) is 2.47. The molecule has 21 heavy (non-hydrogen) atoms. The third-order valence-electron chi connectivity index (χ3n) is 3.31. The number of methoxy groups -OCH3 is 1. The van der Waals surface area contributed by atoms with Gasteiger partial charge in [-0.3, -0.25) is 4.79 Å². The lowest BCUT2D eigenvalue weighted by Gasteiger charge is -2.09. The Morgan fingerprint density at radius 3 is 2.76 bits per heavy atom. The minimum absolute atomic E-state index is 0.0707. The van der Waals surface area contributed by atoms with E-state index in [2.05, 4.69) is 4.98 Å². The third-order valence-corrected chi connectivity index (χ3v) is 3.54. The normalized spacial score (nSPS) is 10.8. The van der Waals surface area contributed by atoms with Crippen molar-refractivity contribution >= 4 is 22.5 Å². The van der Waals surface area contributed by atoms with Crippen molar-refractivity contribution < 1.29 is 9.84 Å². The molecule has 0 amide bonds. The fraction of sp³-hybridized carbons (Fsp3) is 0.0625. The van der Waals surface area contributed by atoms with E-state index in [1.165, 1.54) is 0 Å². The first kappa shape index (κ1) is 13.5. The van der Waals surface area contributed by atoms with Gasteiger partial charge < -0.3 is 14.8 Å². The number of H-pyrrole nitrogens is 1. The van der Waals surface area contributed by atoms with Crippen LogP contribution in [0.2, 0.25) is 5.02 Å². The van der Waals surface area contributed by atoms with Crippen LogP contribution in [0, 0.1) is 0 Å². The van der Waals surface area contributed by atoms with E-state index >= 15 is 0 Å². The number of benzene rings is 2. The Morgan fingerprint density at radius 1 is 1.19 bits per heavy atom. The molecule has 0 saturated heterocycles. The Kier molecular flexibility index (Phi) is 3.31. The number of aromatic amines is 1. The van der Waals surface area contributed by atoms with Crippen LogP contribution in [-0.2, 0) is 0 Å². The maximum atomic E-state index is 12.3. The minimum atomic E-state index is -0.379. The molecule has 3 rings (SSSR count). The van der Waals surface area contributed by atoms with Crippen molar-refractivity contribution in [2.24, 2.45) is 0 Å². The van der Waals surface area contributed by atoms with Gasteiger partial charge in [-0.05, 0) is 35.9 Å². The molecule has 0 unspecified atom stereocenters. The molecular weight excluding hydrogens is 290 g/mol. The first-order valence-corrected chi connectivity index (χ1v) is 6.67. The average molecular weight is 302 g/mol. The molecule has 106 valence electrons. The monoisotopic (exact) mass is 301 g/mol. The van der Waals surface area contributed by atoms with Crippen molar-refractivity contribution in [3.05, 3.63) is 57.8 Å². The molecular formula is C16H12ClNO3. The standard InChI is InChI=1S/C16H12ClNO3/c1-21-11-4-2-3-9(7-11)14-15(19)12-6-5-10(17)8-13(12)18-16(14)20/h2-8H,1H3,(H2,18,19,20). The molecule has 0 saturated carbocycles. The number of rotatable bonds is 2. The van der Waals surface area contributed by atoms with Crippen LogP contribution in [0.5, 0.6) is 11.5 Å². The summed E-state index contributed by atoms with van der Waals surface area (Å²) in [7, 11) is 1.55. The Bertz CT molecular complexity index is 886. The second kappa shape index (κ2) is 5.14. The van der Waals surface area contributed by atoms with Gasteiger partial charge in [0.05, 0.1) is 18.2 Å². The molecule has 1 heterocycles. The smallest absolute Gasteiger partial charge is 0.260 e. The van der Waals surface area contributed by atoms with Gasteiger partial charge in [-0.2, -0.15) is 0 Å². The fourth-order valence-corrected chi connectivity index (χ4v) is 2.47. The van der Waals surface area contributed by atoms with Crippen LogP contribution in [0.25, 0.3) is 22.0 Å². The van der Waals surface area contributed by atoms with Gasteiger partial charge in [0.1, 0.15) is 11.5 Å². The summed E-state index contributed by atoms with van der Waals surface area (Å²) in [6.45, 7) is 0. The minimum Gasteiger partial charge on any atom is -0.506 e. The number of hydrogen-bond donors (Lipinski definition) is 2. The Morgan fingerprint density at radius 2 is 2.00 bits per heavy atom. The van der Waals surface area contributed by atoms with Crippen LogP contribution >= 0.6 is 11.6 Å². The fourth-order valence-electron chi connectivity index (χ4n) is 2.30. The number of halogens is 1. The maximum absolute atomic E-state index is 12.3. The molecule has 0 fully saturated rings. The lowest BCUT2D eigenvalue weighted by Crippen LogP contribution is -2.09. The molecule has 0 aliphatic heterocycles. The zero-order chi connectivity index (χ0) is 15.0. The van der Waals surface area contributed by atoms with E-state index in [1.807, 2.05) is 0 Å². The molecule has 1 aromatic heterocycles. The lowest BCUT2D eigenvalue weighted by atomic mass is 10.0. The van der Waals surface area contributed by atoms with Crippen LogP contribution in [0.4, 0.5) is 0 Å². The molecule has 0 atom stereocenters. The quantitative estimate of drug-likeness (QED) is 0.760. The Balaban J connectivity index is 2.32. The summed E-state index contributed by atoms with van der Waals surface area (Å²) < 4.78 is 5.15. The van der Waals surface area contributed by atoms with E-state index in [4.69, 9.17) is 16.3 Å². The maximum Gasteiger partial charge on any atom is 0.260 e.